The summed E-state index contributed by atoms with van der Waals surface area (Å²) in [4.78, 5) is 8.87. The van der Waals surface area contributed by atoms with Crippen LogP contribution in [0.1, 0.15) is 36.7 Å². The number of hydrogen-bond donors (Lipinski definition) is 2. The molecule has 0 radical (unpaired) electrons. The Hall–Kier alpha value is -2.45. The number of furan rings is 1. The molecule has 32 heavy (non-hydrogen) atoms. The first-order valence-corrected chi connectivity index (χ1v) is 11.4. The number of alkyl halides is 2. The molecule has 0 saturated carbocycles. The molecule has 1 aliphatic heterocycles. The molecule has 1 aliphatic rings. The smallest absolute Gasteiger partial charge is 0.251 e. The number of benzene rings is 1. The van der Waals surface area contributed by atoms with Gasteiger partial charge in [-0.25, -0.2) is 13.8 Å². The van der Waals surface area contributed by atoms with Crippen molar-refractivity contribution in [1.29, 1.82) is 0 Å². The van der Waals surface area contributed by atoms with Crippen molar-refractivity contribution < 1.29 is 13.2 Å². The maximum Gasteiger partial charge on any atom is 0.251 e. The lowest BCUT2D eigenvalue weighted by Crippen LogP contribution is -2.49. The number of aliphatic imine (C=N–C) groups is 1. The zero-order valence-corrected chi connectivity index (χ0v) is 19.1. The van der Waals surface area contributed by atoms with Crippen LogP contribution < -0.4 is 10.6 Å². The molecule has 0 bridgehead atoms. The largest absolute Gasteiger partial charge is 0.468 e. The maximum absolute atomic E-state index is 12.6. The van der Waals surface area contributed by atoms with Gasteiger partial charge in [-0.05, 0) is 50.1 Å². The Morgan fingerprint density at radius 1 is 1.16 bits per heavy atom. The summed E-state index contributed by atoms with van der Waals surface area (Å²) in [5.74, 6) is 1.72. The third kappa shape index (κ3) is 7.91. The van der Waals surface area contributed by atoms with Crippen LogP contribution in [0.15, 0.2) is 52.1 Å². The Labute approximate surface area is 189 Å². The van der Waals surface area contributed by atoms with Crippen molar-refractivity contribution in [3.8, 4) is 0 Å². The van der Waals surface area contributed by atoms with E-state index in [9.17, 15) is 8.78 Å². The number of nitrogens with one attached hydrogen (secondary N) is 2. The average molecular weight is 448 g/mol. The van der Waals surface area contributed by atoms with E-state index in [2.05, 4.69) is 40.8 Å². The van der Waals surface area contributed by atoms with E-state index in [0.29, 0.717) is 19.6 Å². The minimum Gasteiger partial charge on any atom is -0.468 e. The molecule has 0 aliphatic carbocycles. The molecule has 2 aromatic rings. The lowest BCUT2D eigenvalue weighted by atomic mass is 10.1. The highest BCUT2D eigenvalue weighted by Gasteiger charge is 2.22. The molecule has 1 aromatic carbocycles. The van der Waals surface area contributed by atoms with Gasteiger partial charge in [-0.1, -0.05) is 24.3 Å². The van der Waals surface area contributed by atoms with Crippen LogP contribution in [-0.2, 0) is 19.6 Å². The van der Waals surface area contributed by atoms with Gasteiger partial charge in [0.1, 0.15) is 5.76 Å². The summed E-state index contributed by atoms with van der Waals surface area (Å²) < 4.78 is 30.7. The van der Waals surface area contributed by atoms with E-state index in [1.807, 2.05) is 30.0 Å². The average Bonchev–Trinajstić information content (AvgIpc) is 3.27. The highest BCUT2D eigenvalue weighted by atomic mass is 19.3. The van der Waals surface area contributed by atoms with E-state index in [0.717, 1.165) is 44.2 Å². The fraction of sp³-hybridized carbons (Fsp3) is 0.542. The van der Waals surface area contributed by atoms with Crippen LogP contribution in [0.4, 0.5) is 8.78 Å². The number of guanidine groups is 1. The van der Waals surface area contributed by atoms with Gasteiger partial charge in [0.2, 0.25) is 0 Å². The molecule has 176 valence electrons. The summed E-state index contributed by atoms with van der Waals surface area (Å²) in [7, 11) is 2.08. The van der Waals surface area contributed by atoms with Crippen molar-refractivity contribution >= 4 is 5.96 Å². The van der Waals surface area contributed by atoms with Crippen molar-refractivity contribution in [2.45, 2.75) is 51.9 Å². The fourth-order valence-corrected chi connectivity index (χ4v) is 4.01. The summed E-state index contributed by atoms with van der Waals surface area (Å²) in [6.45, 7) is 6.18. The number of halogens is 2. The molecule has 2 N–H and O–H groups in total. The summed E-state index contributed by atoms with van der Waals surface area (Å²) in [5, 5.41) is 6.81. The second-order valence-electron chi connectivity index (χ2n) is 8.33. The van der Waals surface area contributed by atoms with Gasteiger partial charge < -0.3 is 15.1 Å². The Balaban J connectivity index is 1.56. The summed E-state index contributed by atoms with van der Waals surface area (Å²) in [6, 6.07) is 12.5. The first kappa shape index (κ1) is 24.2. The minimum absolute atomic E-state index is 0.133. The fourth-order valence-electron chi connectivity index (χ4n) is 4.01. The molecule has 1 fully saturated rings. The van der Waals surface area contributed by atoms with Crippen LogP contribution in [0, 0.1) is 0 Å². The Morgan fingerprint density at radius 2 is 1.91 bits per heavy atom. The van der Waals surface area contributed by atoms with E-state index in [4.69, 9.17) is 9.41 Å². The van der Waals surface area contributed by atoms with Gasteiger partial charge in [-0.15, -0.1) is 0 Å². The zero-order chi connectivity index (χ0) is 22.8. The van der Waals surface area contributed by atoms with Crippen LogP contribution in [0.2, 0.25) is 0 Å². The van der Waals surface area contributed by atoms with Gasteiger partial charge in [-0.2, -0.15) is 0 Å². The topological polar surface area (TPSA) is 56.0 Å². The van der Waals surface area contributed by atoms with Gasteiger partial charge >= 0.3 is 0 Å². The maximum atomic E-state index is 12.6. The normalized spacial score (nSPS) is 16.1. The van der Waals surface area contributed by atoms with Crippen molar-refractivity contribution in [3.63, 3.8) is 0 Å². The van der Waals surface area contributed by atoms with E-state index in [-0.39, 0.29) is 12.6 Å². The van der Waals surface area contributed by atoms with E-state index >= 15 is 0 Å². The van der Waals surface area contributed by atoms with Crippen LogP contribution in [0.3, 0.4) is 0 Å². The van der Waals surface area contributed by atoms with Crippen LogP contribution >= 0.6 is 0 Å². The second-order valence-corrected chi connectivity index (χ2v) is 8.33. The van der Waals surface area contributed by atoms with E-state index < -0.39 is 6.43 Å². The quantitative estimate of drug-likeness (QED) is 0.430. The van der Waals surface area contributed by atoms with Gasteiger partial charge in [0.15, 0.2) is 5.96 Å². The second kappa shape index (κ2) is 12.6. The van der Waals surface area contributed by atoms with E-state index in [1.165, 1.54) is 11.1 Å². The number of likely N-dealkylation sites (tertiary alicyclic amines) is 1. The predicted octanol–water partition coefficient (Wildman–Crippen LogP) is 3.70. The standard InChI is InChI=1S/C24H35F2N5O/c1-3-27-24(29-21-10-12-31(13-11-21)18-23(25)26)28-15-19-7-4-5-8-20(19)16-30(2)17-22-9-6-14-32-22/h4-9,14,21,23H,3,10-13,15-18H2,1-2H3,(H2,27,28,29). The van der Waals surface area contributed by atoms with Gasteiger partial charge in [0.05, 0.1) is 25.9 Å². The molecule has 3 rings (SSSR count). The Morgan fingerprint density at radius 3 is 2.56 bits per heavy atom. The third-order valence-electron chi connectivity index (χ3n) is 5.64. The number of piperidine rings is 1. The lowest BCUT2D eigenvalue weighted by Gasteiger charge is -2.32. The number of rotatable bonds is 10. The molecule has 0 unspecified atom stereocenters. The Kier molecular flexibility index (Phi) is 9.49. The summed E-state index contributed by atoms with van der Waals surface area (Å²) in [6.07, 6.45) is 1.11. The van der Waals surface area contributed by atoms with Gasteiger partial charge in [0.25, 0.3) is 6.43 Å². The first-order chi connectivity index (χ1) is 15.5. The van der Waals surface area contributed by atoms with Gasteiger partial charge in [-0.3, -0.25) is 9.80 Å². The van der Waals surface area contributed by atoms with Crippen molar-refractivity contribution in [1.82, 2.24) is 20.4 Å². The highest BCUT2D eigenvalue weighted by molar-refractivity contribution is 5.80. The zero-order valence-electron chi connectivity index (χ0n) is 19.1. The predicted molar refractivity (Wildman–Crippen MR) is 124 cm³/mol. The lowest BCUT2D eigenvalue weighted by molar-refractivity contribution is 0.0744. The third-order valence-corrected chi connectivity index (χ3v) is 5.64. The molecule has 0 amide bonds. The van der Waals surface area contributed by atoms with E-state index in [1.54, 1.807) is 6.26 Å². The van der Waals surface area contributed by atoms with Crippen molar-refractivity contribution in [2.75, 3.05) is 33.2 Å². The molecule has 2 heterocycles. The first-order valence-electron chi connectivity index (χ1n) is 11.4. The Bertz CT molecular complexity index is 820. The molecule has 6 nitrogen and oxygen atoms in total. The minimum atomic E-state index is -2.27. The number of nitrogens with zero attached hydrogens (tertiary/aromatic N) is 3. The molecule has 0 atom stereocenters. The van der Waals surface area contributed by atoms with Gasteiger partial charge in [0, 0.05) is 32.2 Å². The van der Waals surface area contributed by atoms with Crippen molar-refractivity contribution in [2.24, 2.45) is 4.99 Å². The molecule has 1 saturated heterocycles. The highest BCUT2D eigenvalue weighted by Crippen LogP contribution is 2.15. The van der Waals surface area contributed by atoms with Crippen molar-refractivity contribution in [3.05, 3.63) is 59.5 Å². The summed E-state index contributed by atoms with van der Waals surface area (Å²) in [5.41, 5.74) is 2.42. The van der Waals surface area contributed by atoms with Crippen LogP contribution in [0.25, 0.3) is 0 Å². The molecule has 8 heteroatoms. The SMILES string of the molecule is CCNC(=NCc1ccccc1CN(C)Cc1ccco1)NC1CCN(CC(F)F)CC1. The molecular formula is C24H35F2N5O. The van der Waals surface area contributed by atoms with Crippen LogP contribution in [-0.4, -0.2) is 61.5 Å². The molecule has 1 aromatic heterocycles. The molecule has 0 spiro atoms. The number of hydrogen-bond acceptors (Lipinski definition) is 4. The summed E-state index contributed by atoms with van der Waals surface area (Å²) >= 11 is 0. The van der Waals surface area contributed by atoms with Crippen LogP contribution in [0.5, 0.6) is 0 Å². The monoisotopic (exact) mass is 447 g/mol. The molecular weight excluding hydrogens is 412 g/mol.